The maximum atomic E-state index is 5.93. The molecule has 0 aromatic heterocycles. The van der Waals surface area contributed by atoms with Gasteiger partial charge in [0.1, 0.15) is 0 Å². The van der Waals surface area contributed by atoms with E-state index in [0.717, 1.165) is 32.7 Å². The van der Waals surface area contributed by atoms with Crippen LogP contribution in [0.25, 0.3) is 0 Å². The Labute approximate surface area is 122 Å². The quantitative estimate of drug-likeness (QED) is 0.570. The van der Waals surface area contributed by atoms with Crippen LogP contribution >= 0.6 is 0 Å². The predicted octanol–water partition coefficient (Wildman–Crippen LogP) is 1.33. The lowest BCUT2D eigenvalue weighted by atomic mass is 10.1. The highest BCUT2D eigenvalue weighted by atomic mass is 16.5. The van der Waals surface area contributed by atoms with Gasteiger partial charge in [0, 0.05) is 19.2 Å². The average Bonchev–Trinajstić information content (AvgIpc) is 2.94. The topological polar surface area (TPSA) is 62.9 Å². The third-order valence-corrected chi connectivity index (χ3v) is 4.42. The number of nitrogens with one attached hydrogen (secondary N) is 1. The summed E-state index contributed by atoms with van der Waals surface area (Å²) in [5.74, 6) is 0.587. The molecule has 2 fully saturated rings. The first-order valence-electron chi connectivity index (χ1n) is 8.19. The molecule has 0 bridgehead atoms. The summed E-state index contributed by atoms with van der Waals surface area (Å²) in [6.07, 6.45) is 7.67. The van der Waals surface area contributed by atoms with Gasteiger partial charge in [-0.05, 0) is 51.6 Å². The molecule has 2 aliphatic heterocycles. The van der Waals surface area contributed by atoms with Crippen molar-refractivity contribution >= 4 is 5.96 Å². The molecule has 2 aliphatic rings. The van der Waals surface area contributed by atoms with Crippen LogP contribution in [0.1, 0.15) is 45.4 Å². The van der Waals surface area contributed by atoms with Gasteiger partial charge >= 0.3 is 0 Å². The molecular weight excluding hydrogens is 252 g/mol. The largest absolute Gasteiger partial charge is 0.378 e. The number of hydrogen-bond acceptors (Lipinski definition) is 3. The van der Waals surface area contributed by atoms with Gasteiger partial charge in [0.2, 0.25) is 0 Å². The minimum atomic E-state index is 0.412. The Hall–Kier alpha value is -0.810. The Morgan fingerprint density at radius 1 is 1.35 bits per heavy atom. The smallest absolute Gasteiger partial charge is 0.188 e. The summed E-state index contributed by atoms with van der Waals surface area (Å²) in [6, 6.07) is 0.585. The monoisotopic (exact) mass is 282 g/mol. The normalized spacial score (nSPS) is 28.8. The highest BCUT2D eigenvalue weighted by Crippen LogP contribution is 2.16. The van der Waals surface area contributed by atoms with E-state index in [4.69, 9.17) is 10.5 Å². The molecule has 5 heteroatoms. The van der Waals surface area contributed by atoms with Crippen molar-refractivity contribution in [2.75, 3.05) is 32.8 Å². The van der Waals surface area contributed by atoms with E-state index >= 15 is 0 Å². The summed E-state index contributed by atoms with van der Waals surface area (Å²) < 4.78 is 5.70. The number of nitrogens with zero attached hydrogens (tertiary/aromatic N) is 2. The number of likely N-dealkylation sites (N-methyl/N-ethyl adjacent to an activating group) is 1. The maximum absolute atomic E-state index is 5.93. The standard InChI is InChI=1S/C15H30N4O/c1-2-19-10-5-6-13(19)12-18-15(16)17-9-8-14-7-3-4-11-20-14/h13-14H,2-12H2,1H3,(H3,16,17,18). The Morgan fingerprint density at radius 2 is 2.25 bits per heavy atom. The van der Waals surface area contributed by atoms with E-state index in [9.17, 15) is 0 Å². The lowest BCUT2D eigenvalue weighted by Crippen LogP contribution is -2.37. The second-order valence-electron chi connectivity index (χ2n) is 5.85. The number of likely N-dealkylation sites (tertiary alicyclic amines) is 1. The Kier molecular flexibility index (Phi) is 6.60. The zero-order valence-corrected chi connectivity index (χ0v) is 12.8. The van der Waals surface area contributed by atoms with E-state index in [1.807, 2.05) is 0 Å². The van der Waals surface area contributed by atoms with E-state index < -0.39 is 0 Å². The zero-order chi connectivity index (χ0) is 14.2. The van der Waals surface area contributed by atoms with Gasteiger partial charge in [-0.1, -0.05) is 6.92 Å². The number of nitrogens with two attached hydrogens (primary N) is 1. The summed E-state index contributed by atoms with van der Waals surface area (Å²) in [6.45, 7) is 7.15. The fourth-order valence-electron chi connectivity index (χ4n) is 3.17. The molecule has 0 aromatic carbocycles. The molecule has 2 saturated heterocycles. The number of hydrogen-bond donors (Lipinski definition) is 2. The molecule has 116 valence electrons. The Bertz CT molecular complexity index is 302. The first-order chi connectivity index (χ1) is 9.79. The predicted molar refractivity (Wildman–Crippen MR) is 83.0 cm³/mol. The first kappa shape index (κ1) is 15.6. The van der Waals surface area contributed by atoms with Gasteiger partial charge in [0.15, 0.2) is 5.96 Å². The summed E-state index contributed by atoms with van der Waals surface area (Å²) in [5, 5.41) is 3.22. The molecule has 0 saturated carbocycles. The number of aliphatic imine (C=N–C) groups is 1. The van der Waals surface area contributed by atoms with E-state index in [0.29, 0.717) is 18.1 Å². The second-order valence-corrected chi connectivity index (χ2v) is 5.85. The molecule has 0 amide bonds. The van der Waals surface area contributed by atoms with Crippen LogP contribution < -0.4 is 11.1 Å². The Morgan fingerprint density at radius 3 is 3.00 bits per heavy atom. The van der Waals surface area contributed by atoms with E-state index in [1.165, 1.54) is 38.6 Å². The highest BCUT2D eigenvalue weighted by molar-refractivity contribution is 5.77. The molecular formula is C15H30N4O. The number of ether oxygens (including phenoxy) is 1. The molecule has 0 aliphatic carbocycles. The SMILES string of the molecule is CCN1CCCC1CN=C(N)NCCC1CCCCO1. The van der Waals surface area contributed by atoms with Crippen molar-refractivity contribution in [2.45, 2.75) is 57.6 Å². The molecule has 2 rings (SSSR count). The van der Waals surface area contributed by atoms with Gasteiger partial charge in [-0.15, -0.1) is 0 Å². The van der Waals surface area contributed by atoms with Crippen LogP contribution in [0, 0.1) is 0 Å². The average molecular weight is 282 g/mol. The molecule has 2 heterocycles. The van der Waals surface area contributed by atoms with Gasteiger partial charge in [-0.25, -0.2) is 0 Å². The minimum Gasteiger partial charge on any atom is -0.378 e. The summed E-state index contributed by atoms with van der Waals surface area (Å²) in [4.78, 5) is 6.98. The lowest BCUT2D eigenvalue weighted by molar-refractivity contribution is 0.0122. The molecule has 5 nitrogen and oxygen atoms in total. The van der Waals surface area contributed by atoms with Crippen LogP contribution in [0.2, 0.25) is 0 Å². The molecule has 0 spiro atoms. The van der Waals surface area contributed by atoms with Crippen LogP contribution in [-0.4, -0.2) is 55.8 Å². The van der Waals surface area contributed by atoms with Crippen LogP contribution in [0.3, 0.4) is 0 Å². The van der Waals surface area contributed by atoms with Crippen molar-refractivity contribution in [1.82, 2.24) is 10.2 Å². The second kappa shape index (κ2) is 8.47. The van der Waals surface area contributed by atoms with Crippen molar-refractivity contribution in [3.8, 4) is 0 Å². The number of guanidine groups is 1. The van der Waals surface area contributed by atoms with Crippen molar-refractivity contribution < 1.29 is 4.74 Å². The van der Waals surface area contributed by atoms with Crippen LogP contribution in [-0.2, 0) is 4.74 Å². The minimum absolute atomic E-state index is 0.412. The molecule has 2 atom stereocenters. The van der Waals surface area contributed by atoms with Gasteiger partial charge in [0.25, 0.3) is 0 Å². The summed E-state index contributed by atoms with van der Waals surface area (Å²) in [5.41, 5.74) is 5.93. The van der Waals surface area contributed by atoms with Gasteiger partial charge < -0.3 is 15.8 Å². The van der Waals surface area contributed by atoms with Gasteiger partial charge in [-0.3, -0.25) is 9.89 Å². The zero-order valence-electron chi connectivity index (χ0n) is 12.8. The van der Waals surface area contributed by atoms with Crippen molar-refractivity contribution in [2.24, 2.45) is 10.7 Å². The van der Waals surface area contributed by atoms with Crippen molar-refractivity contribution in [3.05, 3.63) is 0 Å². The lowest BCUT2D eigenvalue weighted by Gasteiger charge is -2.23. The van der Waals surface area contributed by atoms with E-state index in [-0.39, 0.29) is 0 Å². The van der Waals surface area contributed by atoms with Crippen LogP contribution in [0.15, 0.2) is 4.99 Å². The first-order valence-corrected chi connectivity index (χ1v) is 8.19. The molecule has 0 radical (unpaired) electrons. The number of rotatable bonds is 6. The maximum Gasteiger partial charge on any atom is 0.188 e. The highest BCUT2D eigenvalue weighted by Gasteiger charge is 2.22. The summed E-state index contributed by atoms with van der Waals surface area (Å²) in [7, 11) is 0. The van der Waals surface area contributed by atoms with Gasteiger partial charge in [-0.2, -0.15) is 0 Å². The fourth-order valence-corrected chi connectivity index (χ4v) is 3.17. The molecule has 0 aromatic rings. The summed E-state index contributed by atoms with van der Waals surface area (Å²) >= 11 is 0. The Balaban J connectivity index is 1.61. The van der Waals surface area contributed by atoms with E-state index in [1.54, 1.807) is 0 Å². The third-order valence-electron chi connectivity index (χ3n) is 4.42. The van der Waals surface area contributed by atoms with Gasteiger partial charge in [0.05, 0.1) is 12.6 Å². The fraction of sp³-hybridized carbons (Fsp3) is 0.933. The van der Waals surface area contributed by atoms with E-state index in [2.05, 4.69) is 22.1 Å². The van der Waals surface area contributed by atoms with Crippen molar-refractivity contribution in [1.29, 1.82) is 0 Å². The van der Waals surface area contributed by atoms with Crippen LogP contribution in [0.5, 0.6) is 0 Å². The molecule has 3 N–H and O–H groups in total. The third kappa shape index (κ3) is 4.94. The molecule has 20 heavy (non-hydrogen) atoms. The molecule has 2 unspecified atom stereocenters. The van der Waals surface area contributed by atoms with Crippen molar-refractivity contribution in [3.63, 3.8) is 0 Å². The van der Waals surface area contributed by atoms with Crippen LogP contribution in [0.4, 0.5) is 0 Å².